The maximum Gasteiger partial charge on any atom is 0.375 e. The van der Waals surface area contributed by atoms with Crippen LogP contribution >= 0.6 is 0 Å². The van der Waals surface area contributed by atoms with Gasteiger partial charge in [-0.1, -0.05) is 18.1 Å². The fraction of sp³-hybridized carbons (Fsp3) is 0.543. The highest BCUT2D eigenvalue weighted by Crippen LogP contribution is 2.58. The Morgan fingerprint density at radius 1 is 1.10 bits per heavy atom. The fourth-order valence-corrected chi connectivity index (χ4v) is 10.5. The molecule has 3 aromatic rings. The van der Waals surface area contributed by atoms with E-state index in [0.717, 1.165) is 67.4 Å². The predicted octanol–water partition coefficient (Wildman–Crippen LogP) is 5.31. The van der Waals surface area contributed by atoms with Gasteiger partial charge < -0.3 is 48.9 Å². The number of piperidine rings is 1. The molecule has 2 aromatic carbocycles. The van der Waals surface area contributed by atoms with Gasteiger partial charge in [0, 0.05) is 81.4 Å². The van der Waals surface area contributed by atoms with Crippen LogP contribution in [0.15, 0.2) is 47.4 Å². The summed E-state index contributed by atoms with van der Waals surface area (Å²) in [4.78, 5) is 46.4. The molecule has 4 heterocycles. The number of nitrogens with one attached hydrogen (secondary N) is 1. The maximum absolute atomic E-state index is 13.7. The summed E-state index contributed by atoms with van der Waals surface area (Å²) >= 11 is 0. The number of carbonyl (C=O) groups is 3. The van der Waals surface area contributed by atoms with E-state index in [4.69, 9.17) is 23.7 Å². The number of fused-ring (bicyclic) bond motifs is 4. The number of likely N-dealkylation sites (tertiary alicyclic amines) is 1. The van der Waals surface area contributed by atoms with Crippen molar-refractivity contribution in [2.45, 2.75) is 95.4 Å². The zero-order valence-electron chi connectivity index (χ0n) is 34.1. The molecule has 59 heavy (non-hydrogen) atoms. The molecule has 4 N–H and O–H groups in total. The van der Waals surface area contributed by atoms with Crippen molar-refractivity contribution in [3.8, 4) is 17.2 Å². The average Bonchev–Trinajstić information content (AvgIpc) is 3.92. The summed E-state index contributed by atoms with van der Waals surface area (Å²) in [6.07, 6.45) is 7.32. The minimum absolute atomic E-state index is 0.00456. The molecule has 0 amide bonds. The highest BCUT2D eigenvalue weighted by molar-refractivity contribution is 6.11. The summed E-state index contributed by atoms with van der Waals surface area (Å²) in [5, 5.41) is 34.8. The minimum atomic E-state index is -1.17. The molecule has 3 aliphatic heterocycles. The molecule has 8 rings (SSSR count). The van der Waals surface area contributed by atoms with Gasteiger partial charge in [-0.05, 0) is 93.0 Å². The lowest BCUT2D eigenvalue weighted by Crippen LogP contribution is -2.59. The Morgan fingerprint density at radius 3 is 2.75 bits per heavy atom. The Balaban J connectivity index is 1.25. The van der Waals surface area contributed by atoms with Crippen molar-refractivity contribution in [1.29, 1.82) is 0 Å². The van der Waals surface area contributed by atoms with Crippen molar-refractivity contribution < 1.29 is 53.4 Å². The zero-order chi connectivity index (χ0) is 41.3. The summed E-state index contributed by atoms with van der Waals surface area (Å²) < 4.78 is 30.5. The molecule has 5 unspecified atom stereocenters. The Hall–Kier alpha value is -4.53. The number of ether oxygens (including phenoxy) is 5. The highest BCUT2D eigenvalue weighted by atomic mass is 16.6. The van der Waals surface area contributed by atoms with E-state index in [0.29, 0.717) is 60.4 Å². The fourth-order valence-electron chi connectivity index (χ4n) is 10.5. The summed E-state index contributed by atoms with van der Waals surface area (Å²) in [5.74, 6) is -0.572. The number of Topliss-reactive ketones (excluding diaryl/α,β-unsaturated/α-hetero) is 1. The van der Waals surface area contributed by atoms with Crippen molar-refractivity contribution in [2.75, 3.05) is 53.2 Å². The van der Waals surface area contributed by atoms with Crippen molar-refractivity contribution in [2.24, 2.45) is 11.8 Å². The van der Waals surface area contributed by atoms with Crippen LogP contribution in [0.25, 0.3) is 16.5 Å². The number of benzene rings is 2. The van der Waals surface area contributed by atoms with Crippen molar-refractivity contribution in [3.05, 3.63) is 69.6 Å². The van der Waals surface area contributed by atoms with Gasteiger partial charge in [0.05, 0.1) is 36.5 Å². The molecule has 316 valence electrons. The number of hydrogen-bond acceptors (Lipinski definition) is 12. The highest BCUT2D eigenvalue weighted by Gasteiger charge is 2.55. The van der Waals surface area contributed by atoms with E-state index in [2.05, 4.69) is 9.88 Å². The number of aldehydes is 1. The van der Waals surface area contributed by atoms with Crippen LogP contribution in [0.4, 0.5) is 0 Å². The number of H-pyrrole nitrogens is 1. The molecule has 1 saturated heterocycles. The molecule has 5 atom stereocenters. The predicted molar refractivity (Wildman–Crippen MR) is 218 cm³/mol. The topological polar surface area (TPSA) is 177 Å². The quantitative estimate of drug-likeness (QED) is 0.0939. The largest absolute Gasteiger partial charge is 0.492 e. The normalized spacial score (nSPS) is 26.8. The van der Waals surface area contributed by atoms with Crippen LogP contribution in [0.5, 0.6) is 17.2 Å². The smallest absolute Gasteiger partial charge is 0.375 e. The van der Waals surface area contributed by atoms with Crippen molar-refractivity contribution in [1.82, 2.24) is 9.88 Å². The summed E-state index contributed by atoms with van der Waals surface area (Å²) in [5.41, 5.74) is 3.03. The van der Waals surface area contributed by atoms with Gasteiger partial charge in [0.25, 0.3) is 0 Å². The maximum atomic E-state index is 13.7. The van der Waals surface area contributed by atoms with Gasteiger partial charge in [-0.15, -0.1) is 0 Å². The van der Waals surface area contributed by atoms with Crippen LogP contribution in [0.1, 0.15) is 92.9 Å². The molecule has 2 aliphatic carbocycles. The molecule has 0 bridgehead atoms. The number of aromatic amines is 1. The van der Waals surface area contributed by atoms with E-state index in [1.54, 1.807) is 14.0 Å². The first kappa shape index (κ1) is 41.2. The van der Waals surface area contributed by atoms with Gasteiger partial charge in [0.2, 0.25) is 5.76 Å². The van der Waals surface area contributed by atoms with Gasteiger partial charge >= 0.3 is 5.97 Å². The molecule has 3 fully saturated rings. The molecular weight excluding hydrogens is 757 g/mol. The summed E-state index contributed by atoms with van der Waals surface area (Å²) in [6, 6.07) is 7.85. The van der Waals surface area contributed by atoms with E-state index in [1.165, 1.54) is 0 Å². The van der Waals surface area contributed by atoms with E-state index < -0.39 is 30.2 Å². The third-order valence-electron chi connectivity index (χ3n) is 13.3. The number of ketones is 1. The molecule has 13 heteroatoms. The number of hydrogen-bond donors (Lipinski definition) is 4. The van der Waals surface area contributed by atoms with Crippen LogP contribution in [0, 0.1) is 11.8 Å². The lowest BCUT2D eigenvalue weighted by molar-refractivity contribution is -0.151. The van der Waals surface area contributed by atoms with Crippen LogP contribution in [-0.4, -0.2) is 108 Å². The van der Waals surface area contributed by atoms with Crippen LogP contribution < -0.4 is 14.2 Å². The van der Waals surface area contributed by atoms with Gasteiger partial charge in [0.15, 0.2) is 6.29 Å². The summed E-state index contributed by atoms with van der Waals surface area (Å²) in [6.45, 7) is 4.54. The Labute approximate surface area is 344 Å². The number of rotatable bonds is 14. The first-order valence-electron chi connectivity index (χ1n) is 21.3. The van der Waals surface area contributed by atoms with E-state index in [-0.39, 0.29) is 79.3 Å². The van der Waals surface area contributed by atoms with Gasteiger partial charge in [-0.25, -0.2) is 4.79 Å². The second-order valence-corrected chi connectivity index (χ2v) is 16.6. The van der Waals surface area contributed by atoms with Crippen molar-refractivity contribution in [3.63, 3.8) is 0 Å². The number of aliphatic hydroxyl groups excluding tert-OH is 2. The number of nitrogens with zero attached hydrogens (tertiary/aromatic N) is 1. The minimum Gasteiger partial charge on any atom is -0.492 e. The second kappa shape index (κ2) is 17.6. The Bertz CT molecular complexity index is 2150. The lowest BCUT2D eigenvalue weighted by atomic mass is 9.63. The van der Waals surface area contributed by atoms with Crippen LogP contribution in [0.2, 0.25) is 0 Å². The molecule has 1 aromatic heterocycles. The Kier molecular flexibility index (Phi) is 12.3. The third-order valence-corrected chi connectivity index (χ3v) is 13.3. The average molecular weight is 813 g/mol. The molecule has 5 aliphatic rings. The van der Waals surface area contributed by atoms with Gasteiger partial charge in [-0.2, -0.15) is 0 Å². The number of allylic oxidation sites excluding steroid dienone is 3. The molecule has 0 radical (unpaired) electrons. The molecule has 0 spiro atoms. The van der Waals surface area contributed by atoms with Gasteiger partial charge in [0.1, 0.15) is 34.7 Å². The van der Waals surface area contributed by atoms with Gasteiger partial charge in [-0.3, -0.25) is 9.59 Å². The number of esters is 1. The number of carbonyl (C=O) groups excluding carboxylic acids is 3. The molecule has 13 nitrogen and oxygen atoms in total. The first-order chi connectivity index (χ1) is 28.7. The number of aliphatic hydroxyl groups is 3. The Morgan fingerprint density at radius 2 is 1.97 bits per heavy atom. The van der Waals surface area contributed by atoms with E-state index in [1.807, 2.05) is 30.5 Å². The number of aromatic nitrogens is 1. The van der Waals surface area contributed by atoms with E-state index in [9.17, 15) is 29.7 Å². The zero-order valence-corrected chi connectivity index (χ0v) is 34.1. The number of methoxy groups -OCH3 is 1. The molecule has 2 saturated carbocycles. The first-order valence-corrected chi connectivity index (χ1v) is 21.3. The van der Waals surface area contributed by atoms with E-state index >= 15 is 0 Å². The lowest BCUT2D eigenvalue weighted by Gasteiger charge is -2.51. The van der Waals surface area contributed by atoms with Crippen LogP contribution in [0.3, 0.4) is 0 Å². The molecular formula is C46H56N2O11. The SMILES string of the molecule is CCOC(=O)C1=C(C=O)C(=C2CCC(=O)C(c3ccc4[nH]ccc4c3)C2)c2c(OCCCO)c3c(c(CO)c2O1)OC(C1(O)CCCC2CN(CCCOC)CCC21)C3. The summed E-state index contributed by atoms with van der Waals surface area (Å²) in [7, 11) is 1.72. The second-order valence-electron chi connectivity index (χ2n) is 16.6. The van der Waals surface area contributed by atoms with Crippen molar-refractivity contribution >= 4 is 34.5 Å². The monoisotopic (exact) mass is 812 g/mol. The third kappa shape index (κ3) is 7.61. The van der Waals surface area contributed by atoms with Crippen LogP contribution in [-0.2, 0) is 36.9 Å². The standard InChI is InChI=1S/C46H56N2O11/c1-3-56-45(53)44-33(25-50)39(29-9-11-37(52)31(22-29)27-8-10-36-28(21-27)12-15-47-36)40-42(57-20-6-18-49)32-23-38(58-41(32)34(26-51)43(40)59-44)46(54)14-4-7-30-24-48(16-5-19-55-2)17-13-35(30)46/h8,10,12,15,21,25,30-31,35,38,47,49,51,54H,3-7,9,11,13-14,16-20,22-24,26H2,1-2H3.